The van der Waals surface area contributed by atoms with Crippen molar-refractivity contribution < 1.29 is 4.79 Å². The zero-order chi connectivity index (χ0) is 17.6. The predicted octanol–water partition coefficient (Wildman–Crippen LogP) is 2.94. The Hall–Kier alpha value is -2.17. The molecule has 2 aromatic rings. The zero-order valence-corrected chi connectivity index (χ0v) is 15.3. The number of piperidine rings is 1. The molecule has 5 heteroatoms. The predicted molar refractivity (Wildman–Crippen MR) is 96.3 cm³/mol. The summed E-state index contributed by atoms with van der Waals surface area (Å²) in [5.74, 6) is 2.43. The number of likely N-dealkylation sites (tertiary alicyclic amines) is 1. The summed E-state index contributed by atoms with van der Waals surface area (Å²) in [6, 6.07) is 6.63. The van der Waals surface area contributed by atoms with Crippen molar-refractivity contribution in [2.45, 2.75) is 44.9 Å². The third kappa shape index (κ3) is 3.08. The van der Waals surface area contributed by atoms with Crippen molar-refractivity contribution in [1.82, 2.24) is 19.7 Å². The van der Waals surface area contributed by atoms with Crippen LogP contribution in [0.3, 0.4) is 0 Å². The Morgan fingerprint density at radius 3 is 2.56 bits per heavy atom. The summed E-state index contributed by atoms with van der Waals surface area (Å²) in [5, 5.41) is 8.21. The van der Waals surface area contributed by atoms with E-state index in [9.17, 15) is 4.79 Å². The Morgan fingerprint density at radius 1 is 1.16 bits per heavy atom. The van der Waals surface area contributed by atoms with Crippen LogP contribution in [-0.2, 0) is 11.8 Å². The summed E-state index contributed by atoms with van der Waals surface area (Å²) in [6.45, 7) is 5.96. The first-order valence-corrected chi connectivity index (χ1v) is 9.24. The van der Waals surface area contributed by atoms with E-state index in [1.54, 1.807) is 6.33 Å². The normalized spacial score (nSPS) is 23.7. The minimum atomic E-state index is 0.188. The lowest BCUT2D eigenvalue weighted by molar-refractivity contribution is -0.133. The number of nitrogens with zero attached hydrogens (tertiary/aromatic N) is 4. The molecule has 0 bridgehead atoms. The first kappa shape index (κ1) is 16.3. The molecule has 25 heavy (non-hydrogen) atoms. The molecule has 1 amide bonds. The van der Waals surface area contributed by atoms with Gasteiger partial charge in [0.1, 0.15) is 12.2 Å². The van der Waals surface area contributed by atoms with Crippen LogP contribution in [0, 0.1) is 19.8 Å². The number of amides is 1. The van der Waals surface area contributed by atoms with Crippen LogP contribution in [0.2, 0.25) is 0 Å². The van der Waals surface area contributed by atoms with E-state index in [1.807, 2.05) is 11.6 Å². The molecule has 2 atom stereocenters. The summed E-state index contributed by atoms with van der Waals surface area (Å²) in [5.41, 5.74) is 3.97. The molecule has 1 saturated heterocycles. The van der Waals surface area contributed by atoms with Gasteiger partial charge in [-0.1, -0.05) is 18.2 Å². The maximum absolute atomic E-state index is 12.8. The van der Waals surface area contributed by atoms with Gasteiger partial charge in [0, 0.05) is 32.0 Å². The molecule has 5 nitrogen and oxygen atoms in total. The van der Waals surface area contributed by atoms with Crippen LogP contribution in [0.4, 0.5) is 0 Å². The third-order valence-electron chi connectivity index (χ3n) is 5.98. The van der Waals surface area contributed by atoms with Gasteiger partial charge in [0.2, 0.25) is 5.91 Å². The van der Waals surface area contributed by atoms with Crippen LogP contribution >= 0.6 is 0 Å². The molecular weight excluding hydrogens is 312 g/mol. The van der Waals surface area contributed by atoms with E-state index in [4.69, 9.17) is 0 Å². The van der Waals surface area contributed by atoms with Crippen LogP contribution in [0.15, 0.2) is 24.5 Å². The van der Waals surface area contributed by atoms with Crippen LogP contribution in [0.1, 0.15) is 53.6 Å². The van der Waals surface area contributed by atoms with Crippen molar-refractivity contribution in [2.75, 3.05) is 13.1 Å². The molecule has 2 fully saturated rings. The maximum atomic E-state index is 12.8. The number of carbonyl (C=O) groups excluding carboxylic acids is 1. The molecule has 0 radical (unpaired) electrons. The fourth-order valence-electron chi connectivity index (χ4n) is 4.09. The number of aryl methyl sites for hydroxylation is 3. The summed E-state index contributed by atoms with van der Waals surface area (Å²) < 4.78 is 2.00. The molecule has 0 N–H and O–H groups in total. The van der Waals surface area contributed by atoms with E-state index in [2.05, 4.69) is 47.1 Å². The number of aromatic nitrogens is 3. The second kappa shape index (κ2) is 6.28. The largest absolute Gasteiger partial charge is 0.342 e. The topological polar surface area (TPSA) is 51.0 Å². The van der Waals surface area contributed by atoms with E-state index in [0.717, 1.165) is 38.2 Å². The Labute approximate surface area is 149 Å². The first-order chi connectivity index (χ1) is 12.0. The average Bonchev–Trinajstić information content (AvgIpc) is 3.31. The number of hydrogen-bond donors (Lipinski definition) is 0. The molecule has 132 valence electrons. The number of rotatable bonds is 3. The van der Waals surface area contributed by atoms with Gasteiger partial charge in [-0.3, -0.25) is 4.79 Å². The van der Waals surface area contributed by atoms with Crippen LogP contribution < -0.4 is 0 Å². The van der Waals surface area contributed by atoms with Crippen molar-refractivity contribution in [2.24, 2.45) is 13.0 Å². The molecule has 0 spiro atoms. The molecule has 1 aliphatic heterocycles. The molecule has 1 aromatic heterocycles. The molecule has 2 aliphatic rings. The lowest BCUT2D eigenvalue weighted by atomic mass is 9.95. The van der Waals surface area contributed by atoms with Crippen LogP contribution in [0.5, 0.6) is 0 Å². The average molecular weight is 338 g/mol. The van der Waals surface area contributed by atoms with Gasteiger partial charge in [0.15, 0.2) is 0 Å². The number of carbonyl (C=O) groups is 1. The standard InChI is InChI=1S/C20H26N4O/c1-13-4-5-16(10-14(13)2)17-11-18(17)20(25)24-8-6-15(7-9-24)19-22-21-12-23(19)3/h4-5,10,12,15,17-18H,6-9,11H2,1-3H3/t17-,18-/m1/s1. The van der Waals surface area contributed by atoms with Crippen molar-refractivity contribution >= 4 is 5.91 Å². The van der Waals surface area contributed by atoms with Gasteiger partial charge in [-0.25, -0.2) is 0 Å². The minimum absolute atomic E-state index is 0.188. The van der Waals surface area contributed by atoms with Crippen molar-refractivity contribution in [1.29, 1.82) is 0 Å². The third-order valence-corrected chi connectivity index (χ3v) is 5.98. The van der Waals surface area contributed by atoms with Crippen LogP contribution in [0.25, 0.3) is 0 Å². The highest BCUT2D eigenvalue weighted by Crippen LogP contribution is 2.49. The highest BCUT2D eigenvalue weighted by molar-refractivity contribution is 5.83. The highest BCUT2D eigenvalue weighted by atomic mass is 16.2. The Kier molecular flexibility index (Phi) is 4.10. The summed E-state index contributed by atoms with van der Waals surface area (Å²) in [7, 11) is 1.99. The molecule has 1 saturated carbocycles. The lowest BCUT2D eigenvalue weighted by Crippen LogP contribution is -2.39. The van der Waals surface area contributed by atoms with E-state index in [0.29, 0.717) is 17.7 Å². The second-order valence-corrected chi connectivity index (χ2v) is 7.69. The van der Waals surface area contributed by atoms with Crippen LogP contribution in [-0.4, -0.2) is 38.7 Å². The number of hydrogen-bond acceptors (Lipinski definition) is 3. The second-order valence-electron chi connectivity index (χ2n) is 7.69. The van der Waals surface area contributed by atoms with Gasteiger partial charge >= 0.3 is 0 Å². The van der Waals surface area contributed by atoms with Crippen molar-refractivity contribution in [3.8, 4) is 0 Å². The van der Waals surface area contributed by atoms with Gasteiger partial charge in [0.05, 0.1) is 0 Å². The molecule has 1 aliphatic carbocycles. The SMILES string of the molecule is Cc1ccc([C@H]2C[C@H]2C(=O)N2CCC(c3nncn3C)CC2)cc1C. The van der Waals surface area contributed by atoms with Gasteiger partial charge in [-0.15, -0.1) is 10.2 Å². The molecule has 1 aromatic carbocycles. The van der Waals surface area contributed by atoms with E-state index < -0.39 is 0 Å². The van der Waals surface area contributed by atoms with Crippen molar-refractivity contribution in [3.05, 3.63) is 47.0 Å². The fraction of sp³-hybridized carbons (Fsp3) is 0.550. The Morgan fingerprint density at radius 2 is 1.92 bits per heavy atom. The summed E-state index contributed by atoms with van der Waals surface area (Å²) in [4.78, 5) is 14.9. The molecule has 0 unspecified atom stereocenters. The van der Waals surface area contributed by atoms with Gasteiger partial charge in [0.25, 0.3) is 0 Å². The molecular formula is C20H26N4O. The Balaban J connectivity index is 1.35. The summed E-state index contributed by atoms with van der Waals surface area (Å²) in [6.07, 6.45) is 4.73. The van der Waals surface area contributed by atoms with E-state index in [1.165, 1.54) is 16.7 Å². The van der Waals surface area contributed by atoms with Gasteiger partial charge in [-0.05, 0) is 55.7 Å². The van der Waals surface area contributed by atoms with E-state index >= 15 is 0 Å². The smallest absolute Gasteiger partial charge is 0.226 e. The minimum Gasteiger partial charge on any atom is -0.342 e. The molecule has 2 heterocycles. The zero-order valence-electron chi connectivity index (χ0n) is 15.3. The van der Waals surface area contributed by atoms with Gasteiger partial charge in [-0.2, -0.15) is 0 Å². The van der Waals surface area contributed by atoms with Gasteiger partial charge < -0.3 is 9.47 Å². The number of benzene rings is 1. The quantitative estimate of drug-likeness (QED) is 0.864. The monoisotopic (exact) mass is 338 g/mol. The maximum Gasteiger partial charge on any atom is 0.226 e. The van der Waals surface area contributed by atoms with Crippen molar-refractivity contribution in [3.63, 3.8) is 0 Å². The fourth-order valence-corrected chi connectivity index (χ4v) is 4.09. The lowest BCUT2D eigenvalue weighted by Gasteiger charge is -2.31. The Bertz CT molecular complexity index is 789. The first-order valence-electron chi connectivity index (χ1n) is 9.24. The molecule has 4 rings (SSSR count). The summed E-state index contributed by atoms with van der Waals surface area (Å²) >= 11 is 0. The highest BCUT2D eigenvalue weighted by Gasteiger charge is 2.46. The van der Waals surface area contributed by atoms with E-state index in [-0.39, 0.29) is 5.92 Å².